The molecule has 4 N–H and O–H groups in total. The lowest BCUT2D eigenvalue weighted by molar-refractivity contribution is -0.191. The average Bonchev–Trinajstić information content (AvgIpc) is 2.71. The van der Waals surface area contributed by atoms with Crippen LogP contribution in [0.4, 0.5) is 24.7 Å². The average molecular weight is 435 g/mol. The van der Waals surface area contributed by atoms with Crippen LogP contribution in [0.2, 0.25) is 0 Å². The quantitative estimate of drug-likeness (QED) is 0.681. The topological polar surface area (TPSA) is 82.3 Å². The number of aromatic nitrogens is 2. The highest BCUT2D eigenvalue weighted by Gasteiger charge is 2.48. The van der Waals surface area contributed by atoms with Gasteiger partial charge in [0.1, 0.15) is 12.1 Å². The molecule has 1 aromatic heterocycles. The maximum absolute atomic E-state index is 13.9. The molecule has 3 saturated heterocycles. The van der Waals surface area contributed by atoms with E-state index < -0.39 is 24.3 Å². The van der Waals surface area contributed by atoms with Gasteiger partial charge in [-0.05, 0) is 37.0 Å². The van der Waals surface area contributed by atoms with Crippen molar-refractivity contribution in [1.29, 1.82) is 0 Å². The number of nitrogens with two attached hydrogens (primary N) is 1. The molecule has 0 aliphatic carbocycles. The van der Waals surface area contributed by atoms with Crippen molar-refractivity contribution in [1.82, 2.24) is 20.6 Å². The molecule has 4 heterocycles. The van der Waals surface area contributed by atoms with E-state index in [1.165, 1.54) is 6.33 Å². The number of benzene rings is 1. The van der Waals surface area contributed by atoms with Gasteiger partial charge in [0.15, 0.2) is 0 Å². The zero-order chi connectivity index (χ0) is 21.6. The van der Waals surface area contributed by atoms with Crippen LogP contribution in [0.3, 0.4) is 0 Å². The Morgan fingerprint density at radius 1 is 1.00 bits per heavy atom. The summed E-state index contributed by atoms with van der Waals surface area (Å²) < 4.78 is 41.8. The van der Waals surface area contributed by atoms with Crippen molar-refractivity contribution in [3.8, 4) is 0 Å². The molecule has 7 nitrogen and oxygen atoms in total. The Kier molecular flexibility index (Phi) is 5.39. The molecule has 5 rings (SSSR count). The highest BCUT2D eigenvalue weighted by Crippen LogP contribution is 2.46. The third kappa shape index (κ3) is 3.92. The molecule has 1 aromatic carbocycles. The summed E-state index contributed by atoms with van der Waals surface area (Å²) in [6, 6.07) is 2.93. The summed E-state index contributed by atoms with van der Waals surface area (Å²) in [5.74, 6) is -0.625. The summed E-state index contributed by atoms with van der Waals surface area (Å²) in [5.41, 5.74) is 8.19. The van der Waals surface area contributed by atoms with Gasteiger partial charge in [0, 0.05) is 56.4 Å². The van der Waals surface area contributed by atoms with Gasteiger partial charge in [-0.3, -0.25) is 5.32 Å². The van der Waals surface area contributed by atoms with Gasteiger partial charge in [-0.2, -0.15) is 13.2 Å². The van der Waals surface area contributed by atoms with Crippen molar-refractivity contribution in [2.45, 2.75) is 37.6 Å². The fourth-order valence-corrected chi connectivity index (χ4v) is 4.92. The number of piperazine rings is 1. The Hall–Kier alpha value is -2.17. The van der Waals surface area contributed by atoms with Crippen molar-refractivity contribution >= 4 is 22.4 Å². The molecule has 3 unspecified atom stereocenters. The Morgan fingerprint density at radius 2 is 1.77 bits per heavy atom. The number of piperidine rings is 1. The highest BCUT2D eigenvalue weighted by atomic mass is 19.4. The van der Waals surface area contributed by atoms with E-state index in [0.717, 1.165) is 62.6 Å². The molecule has 3 aliphatic heterocycles. The fraction of sp³-hybridized carbons (Fsp3) is 0.619. The van der Waals surface area contributed by atoms with E-state index in [1.807, 2.05) is 12.1 Å². The number of alkyl halides is 3. The predicted molar refractivity (Wildman–Crippen MR) is 114 cm³/mol. The highest BCUT2D eigenvalue weighted by molar-refractivity contribution is 5.93. The molecule has 0 amide bonds. The molecule has 2 aromatic rings. The van der Waals surface area contributed by atoms with Crippen molar-refractivity contribution in [3.05, 3.63) is 24.0 Å². The van der Waals surface area contributed by atoms with E-state index in [1.54, 1.807) is 0 Å². The minimum absolute atomic E-state index is 0.0234. The molecule has 31 heavy (non-hydrogen) atoms. The van der Waals surface area contributed by atoms with Crippen LogP contribution >= 0.6 is 0 Å². The minimum Gasteiger partial charge on any atom is -0.371 e. The first-order chi connectivity index (χ1) is 14.9. The van der Waals surface area contributed by atoms with Crippen LogP contribution in [0.15, 0.2) is 18.5 Å². The van der Waals surface area contributed by atoms with Gasteiger partial charge in [0.2, 0.25) is 0 Å². The standard InChI is InChI=1S/C21H28F3N7/c22-21(23,24)15-2-3-18(25)29-19(15)14-10-16-13(11-17(14)30-6-1-7-30)20(28-12-27-16)31-8-4-26-5-9-31/h10-12,15,18-19,26,29H,1-9,25H2. The van der Waals surface area contributed by atoms with Crippen LogP contribution in [-0.2, 0) is 0 Å². The third-order valence-corrected chi connectivity index (χ3v) is 6.72. The van der Waals surface area contributed by atoms with Crippen molar-refractivity contribution in [3.63, 3.8) is 0 Å². The van der Waals surface area contributed by atoms with Crippen molar-refractivity contribution in [2.24, 2.45) is 11.7 Å². The molecule has 0 bridgehead atoms. The van der Waals surface area contributed by atoms with Crippen molar-refractivity contribution in [2.75, 3.05) is 49.1 Å². The van der Waals surface area contributed by atoms with E-state index in [2.05, 4.69) is 30.4 Å². The van der Waals surface area contributed by atoms with Crippen LogP contribution in [0.1, 0.15) is 30.9 Å². The number of anilines is 2. The molecule has 0 spiro atoms. The fourth-order valence-electron chi connectivity index (χ4n) is 4.92. The first-order valence-corrected chi connectivity index (χ1v) is 11.0. The molecule has 3 atom stereocenters. The summed E-state index contributed by atoms with van der Waals surface area (Å²) in [6.07, 6.45) is -1.87. The smallest absolute Gasteiger partial charge is 0.371 e. The lowest BCUT2D eigenvalue weighted by Crippen LogP contribution is -2.51. The number of hydrogen-bond acceptors (Lipinski definition) is 7. The molecule has 0 radical (unpaired) electrons. The van der Waals surface area contributed by atoms with Gasteiger partial charge < -0.3 is 20.9 Å². The predicted octanol–water partition coefficient (Wildman–Crippen LogP) is 2.14. The Bertz CT molecular complexity index is 940. The van der Waals surface area contributed by atoms with E-state index in [9.17, 15) is 13.2 Å². The second-order valence-electron chi connectivity index (χ2n) is 8.68. The van der Waals surface area contributed by atoms with Crippen LogP contribution in [0.25, 0.3) is 10.9 Å². The lowest BCUT2D eigenvalue weighted by Gasteiger charge is -2.41. The number of nitrogens with one attached hydrogen (secondary N) is 2. The summed E-state index contributed by atoms with van der Waals surface area (Å²) >= 11 is 0. The molecule has 168 valence electrons. The van der Waals surface area contributed by atoms with Gasteiger partial charge in [-0.1, -0.05) is 0 Å². The number of fused-ring (bicyclic) bond motifs is 1. The molecule has 3 fully saturated rings. The number of hydrogen-bond donors (Lipinski definition) is 3. The molecule has 3 aliphatic rings. The van der Waals surface area contributed by atoms with Crippen molar-refractivity contribution < 1.29 is 13.2 Å². The summed E-state index contributed by atoms with van der Waals surface area (Å²) in [7, 11) is 0. The van der Waals surface area contributed by atoms with E-state index in [0.29, 0.717) is 17.5 Å². The Balaban J connectivity index is 1.63. The molecular formula is C21H28F3N7. The summed E-state index contributed by atoms with van der Waals surface area (Å²) in [6.45, 7) is 5.10. The summed E-state index contributed by atoms with van der Waals surface area (Å²) in [5, 5.41) is 7.27. The zero-order valence-corrected chi connectivity index (χ0v) is 17.3. The van der Waals surface area contributed by atoms with Crippen LogP contribution in [0, 0.1) is 5.92 Å². The van der Waals surface area contributed by atoms with Crippen LogP contribution in [-0.4, -0.2) is 61.6 Å². The number of halogens is 3. The normalized spacial score (nSPS) is 27.4. The summed E-state index contributed by atoms with van der Waals surface area (Å²) in [4.78, 5) is 13.3. The maximum Gasteiger partial charge on any atom is 0.393 e. The van der Waals surface area contributed by atoms with Gasteiger partial charge in [0.25, 0.3) is 0 Å². The molecule has 0 saturated carbocycles. The first kappa shape index (κ1) is 20.7. The number of rotatable bonds is 3. The van der Waals surface area contributed by atoms with Crippen LogP contribution < -0.4 is 26.2 Å². The van der Waals surface area contributed by atoms with Gasteiger partial charge in [-0.15, -0.1) is 0 Å². The second kappa shape index (κ2) is 8.07. The minimum atomic E-state index is -4.30. The van der Waals surface area contributed by atoms with Crippen LogP contribution in [0.5, 0.6) is 0 Å². The van der Waals surface area contributed by atoms with Gasteiger partial charge in [-0.25, -0.2) is 9.97 Å². The van der Waals surface area contributed by atoms with E-state index >= 15 is 0 Å². The van der Waals surface area contributed by atoms with Gasteiger partial charge in [0.05, 0.1) is 17.6 Å². The maximum atomic E-state index is 13.9. The van der Waals surface area contributed by atoms with E-state index in [-0.39, 0.29) is 6.42 Å². The Morgan fingerprint density at radius 3 is 2.45 bits per heavy atom. The second-order valence-corrected chi connectivity index (χ2v) is 8.68. The zero-order valence-electron chi connectivity index (χ0n) is 17.3. The molecule has 10 heteroatoms. The third-order valence-electron chi connectivity index (χ3n) is 6.72. The Labute approximate surface area is 179 Å². The van der Waals surface area contributed by atoms with Gasteiger partial charge >= 0.3 is 6.18 Å². The van der Waals surface area contributed by atoms with E-state index in [4.69, 9.17) is 5.73 Å². The number of nitrogens with zero attached hydrogens (tertiary/aromatic N) is 4. The first-order valence-electron chi connectivity index (χ1n) is 11.0. The SMILES string of the molecule is NC1CCC(C(F)(F)F)C(c2cc3ncnc(N4CCNCC4)c3cc2N2CCC2)N1. The molecular weight excluding hydrogens is 407 g/mol. The monoisotopic (exact) mass is 435 g/mol. The largest absolute Gasteiger partial charge is 0.393 e. The lowest BCUT2D eigenvalue weighted by atomic mass is 9.83.